The van der Waals surface area contributed by atoms with Gasteiger partial charge in [-0.05, 0) is 39.8 Å². The number of hydrogen-bond acceptors (Lipinski definition) is 5. The highest BCUT2D eigenvalue weighted by molar-refractivity contribution is 7.12. The molecule has 2 aromatic rings. The molecule has 1 amide bonds. The average molecular weight is 323 g/mol. The molecule has 6 heteroatoms. The van der Waals surface area contributed by atoms with E-state index in [-0.39, 0.29) is 0 Å². The van der Waals surface area contributed by atoms with Crippen molar-refractivity contribution in [2.24, 2.45) is 0 Å². The topological polar surface area (TPSA) is 58.6 Å². The number of nitrogens with one attached hydrogen (secondary N) is 1. The largest absolute Gasteiger partial charge is 0.428 e. The highest BCUT2D eigenvalue weighted by Gasteiger charge is 2.54. The lowest BCUT2D eigenvalue weighted by Gasteiger charge is -2.30. The molecule has 2 aromatic heterocycles. The minimum Gasteiger partial charge on any atom is -0.428 e. The third kappa shape index (κ3) is 2.09. The van der Waals surface area contributed by atoms with Crippen molar-refractivity contribution in [2.45, 2.75) is 39.5 Å². The molecule has 2 N–H and O–H groups in total. The lowest BCUT2D eigenvalue weighted by atomic mass is 9.85. The van der Waals surface area contributed by atoms with E-state index >= 15 is 0 Å². The number of ether oxygens (including phenoxy) is 1. The van der Waals surface area contributed by atoms with Gasteiger partial charge in [0.1, 0.15) is 0 Å². The average Bonchev–Trinajstić information content (AvgIpc) is 2.97. The fraction of sp³-hybridized carbons (Fsp3) is 0.400. The molecule has 21 heavy (non-hydrogen) atoms. The van der Waals surface area contributed by atoms with Gasteiger partial charge < -0.3 is 9.84 Å². The predicted octanol–water partition coefficient (Wildman–Crippen LogP) is 3.35. The molecule has 0 saturated carbocycles. The van der Waals surface area contributed by atoms with Crippen LogP contribution >= 0.6 is 22.7 Å². The number of carbonyl (C=O) groups is 1. The highest BCUT2D eigenvalue weighted by atomic mass is 32.1. The van der Waals surface area contributed by atoms with Gasteiger partial charge in [0, 0.05) is 30.6 Å². The summed E-state index contributed by atoms with van der Waals surface area (Å²) >= 11 is 3.28. The smallest absolute Gasteiger partial charge is 0.410 e. The van der Waals surface area contributed by atoms with Gasteiger partial charge in [-0.15, -0.1) is 22.7 Å². The molecule has 1 saturated heterocycles. The summed E-state index contributed by atoms with van der Waals surface area (Å²) in [5, 5.41) is 13.0. The highest BCUT2D eigenvalue weighted by Crippen LogP contribution is 2.46. The van der Waals surface area contributed by atoms with E-state index in [1.807, 2.05) is 39.8 Å². The van der Waals surface area contributed by atoms with E-state index in [2.05, 4.69) is 5.32 Å². The van der Waals surface area contributed by atoms with E-state index in [9.17, 15) is 9.90 Å². The van der Waals surface area contributed by atoms with E-state index in [0.29, 0.717) is 0 Å². The van der Waals surface area contributed by atoms with Crippen LogP contribution in [0.2, 0.25) is 0 Å². The minimum atomic E-state index is -1.15. The summed E-state index contributed by atoms with van der Waals surface area (Å²) in [6.07, 6.45) is -1.68. The number of aryl methyl sites for hydroxylation is 4. The molecule has 112 valence electrons. The second-order valence-corrected chi connectivity index (χ2v) is 8.25. The Hall–Kier alpha value is -1.37. The van der Waals surface area contributed by atoms with Gasteiger partial charge in [0.05, 0.1) is 0 Å². The second kappa shape index (κ2) is 4.83. The molecule has 3 heterocycles. The number of alkyl carbamates (subject to hydrolysis) is 1. The third-order valence-electron chi connectivity index (χ3n) is 3.78. The van der Waals surface area contributed by atoms with Gasteiger partial charge in [0.15, 0.2) is 6.23 Å². The van der Waals surface area contributed by atoms with Crippen LogP contribution in [-0.4, -0.2) is 17.4 Å². The van der Waals surface area contributed by atoms with Gasteiger partial charge in [-0.3, -0.25) is 5.32 Å². The normalized spacial score (nSPS) is 20.4. The van der Waals surface area contributed by atoms with Gasteiger partial charge in [0.2, 0.25) is 5.60 Å². The lowest BCUT2D eigenvalue weighted by Crippen LogP contribution is -2.42. The molecular formula is C15H17NO3S2. The van der Waals surface area contributed by atoms with Crippen molar-refractivity contribution in [1.29, 1.82) is 0 Å². The Morgan fingerprint density at radius 3 is 1.86 bits per heavy atom. The number of aliphatic hydroxyl groups is 1. The summed E-state index contributed by atoms with van der Waals surface area (Å²) in [5.41, 5.74) is 0.564. The standard InChI is InChI=1S/C15H17NO3S2/c1-7-5-11(9(3)20-7)15(13(17)16-14(18)19-15)12-6-8(2)21-10(12)4/h5-6,13,17H,1-4H3,(H,16,18). The number of amides is 1. The number of thiophene rings is 2. The quantitative estimate of drug-likeness (QED) is 0.891. The van der Waals surface area contributed by atoms with Crippen LogP contribution in [0.3, 0.4) is 0 Å². The van der Waals surface area contributed by atoms with Gasteiger partial charge in [0.25, 0.3) is 0 Å². The molecule has 1 fully saturated rings. The molecule has 1 aliphatic rings. The number of rotatable bonds is 2. The number of hydrogen-bond donors (Lipinski definition) is 2. The summed E-state index contributed by atoms with van der Waals surface area (Å²) < 4.78 is 5.63. The first-order chi connectivity index (χ1) is 9.84. The first-order valence-electron chi connectivity index (χ1n) is 6.67. The molecular weight excluding hydrogens is 306 g/mol. The molecule has 0 radical (unpaired) electrons. The summed E-state index contributed by atoms with van der Waals surface area (Å²) in [7, 11) is 0. The Kier molecular flexibility index (Phi) is 3.35. The van der Waals surface area contributed by atoms with E-state index in [1.165, 1.54) is 0 Å². The molecule has 3 rings (SSSR count). The lowest BCUT2D eigenvalue weighted by molar-refractivity contribution is -0.0107. The maximum atomic E-state index is 11.8. The van der Waals surface area contributed by atoms with E-state index < -0.39 is 17.9 Å². The van der Waals surface area contributed by atoms with Crippen molar-refractivity contribution in [3.8, 4) is 0 Å². The van der Waals surface area contributed by atoms with Crippen LogP contribution in [0, 0.1) is 27.7 Å². The van der Waals surface area contributed by atoms with Gasteiger partial charge in [-0.2, -0.15) is 0 Å². The van der Waals surface area contributed by atoms with Crippen molar-refractivity contribution in [1.82, 2.24) is 5.32 Å². The monoisotopic (exact) mass is 323 g/mol. The zero-order chi connectivity index (χ0) is 15.4. The van der Waals surface area contributed by atoms with Crippen LogP contribution in [0.5, 0.6) is 0 Å². The molecule has 0 aliphatic carbocycles. The minimum absolute atomic E-state index is 0.589. The third-order valence-corrected chi connectivity index (χ3v) is 5.71. The number of aliphatic hydroxyl groups excluding tert-OH is 1. The van der Waals surface area contributed by atoms with Gasteiger partial charge in [-0.1, -0.05) is 0 Å². The first-order valence-corrected chi connectivity index (χ1v) is 8.30. The predicted molar refractivity (Wildman–Crippen MR) is 84.0 cm³/mol. The van der Waals surface area contributed by atoms with Crippen LogP contribution in [0.15, 0.2) is 12.1 Å². The Labute approximate surface area is 131 Å². The second-order valence-electron chi connectivity index (χ2n) is 5.33. The van der Waals surface area contributed by atoms with Gasteiger partial charge in [-0.25, -0.2) is 4.79 Å². The molecule has 1 unspecified atom stereocenters. The summed E-state index contributed by atoms with van der Waals surface area (Å²) in [6, 6.07) is 3.99. The fourth-order valence-corrected chi connectivity index (χ4v) is 4.95. The maximum absolute atomic E-state index is 11.8. The summed E-state index contributed by atoms with van der Waals surface area (Å²) in [6.45, 7) is 8.00. The van der Waals surface area contributed by atoms with Crippen LogP contribution in [0.4, 0.5) is 4.79 Å². The molecule has 0 bridgehead atoms. The van der Waals surface area contributed by atoms with Crippen molar-refractivity contribution >= 4 is 28.8 Å². The van der Waals surface area contributed by atoms with Crippen molar-refractivity contribution in [3.63, 3.8) is 0 Å². The van der Waals surface area contributed by atoms with Crippen LogP contribution in [0.1, 0.15) is 30.6 Å². The van der Waals surface area contributed by atoms with Crippen molar-refractivity contribution in [2.75, 3.05) is 0 Å². The van der Waals surface area contributed by atoms with Gasteiger partial charge >= 0.3 is 6.09 Å². The zero-order valence-electron chi connectivity index (χ0n) is 12.3. The Balaban J connectivity index is 2.29. The maximum Gasteiger partial charge on any atom is 0.410 e. The van der Waals surface area contributed by atoms with Crippen LogP contribution in [-0.2, 0) is 10.3 Å². The number of carbonyl (C=O) groups excluding carboxylic acids is 1. The van der Waals surface area contributed by atoms with E-state index in [4.69, 9.17) is 4.74 Å². The first kappa shape index (κ1) is 14.6. The fourth-order valence-electron chi connectivity index (χ4n) is 2.99. The molecule has 1 aliphatic heterocycles. The molecule has 0 spiro atoms. The number of cyclic esters (lactones) is 1. The molecule has 0 aromatic carbocycles. The van der Waals surface area contributed by atoms with Crippen molar-refractivity contribution in [3.05, 3.63) is 42.8 Å². The SMILES string of the molecule is Cc1cc(C2(c3cc(C)sc3C)OC(=O)NC2O)c(C)s1. The Bertz CT molecular complexity index is 670. The zero-order valence-corrected chi connectivity index (χ0v) is 13.9. The summed E-state index contributed by atoms with van der Waals surface area (Å²) in [5.74, 6) is 0. The Morgan fingerprint density at radius 2 is 1.57 bits per heavy atom. The molecule has 1 atom stereocenters. The van der Waals surface area contributed by atoms with E-state index in [0.717, 1.165) is 30.6 Å². The van der Waals surface area contributed by atoms with Crippen LogP contribution in [0.25, 0.3) is 0 Å². The summed E-state index contributed by atoms with van der Waals surface area (Å²) in [4.78, 5) is 16.1. The molecule has 4 nitrogen and oxygen atoms in total. The van der Waals surface area contributed by atoms with E-state index in [1.54, 1.807) is 22.7 Å². The van der Waals surface area contributed by atoms with Crippen molar-refractivity contribution < 1.29 is 14.6 Å². The Morgan fingerprint density at radius 1 is 1.10 bits per heavy atom. The van der Waals surface area contributed by atoms with Crippen LogP contribution < -0.4 is 5.32 Å².